The molecule has 0 spiro atoms. The first-order chi connectivity index (χ1) is 16.4. The Morgan fingerprint density at radius 1 is 0.824 bits per heavy atom. The van der Waals surface area contributed by atoms with Gasteiger partial charge in [0.1, 0.15) is 0 Å². The molecule has 0 bridgehead atoms. The molecule has 0 aliphatic heterocycles. The maximum absolute atomic E-state index is 13.2. The van der Waals surface area contributed by atoms with Crippen LogP contribution in [0.5, 0.6) is 0 Å². The summed E-state index contributed by atoms with van der Waals surface area (Å²) >= 11 is 0. The summed E-state index contributed by atoms with van der Waals surface area (Å²) in [6, 6.07) is 19.3. The van der Waals surface area contributed by atoms with Gasteiger partial charge in [-0.2, -0.15) is 4.31 Å². The molecule has 4 rings (SSSR count). The van der Waals surface area contributed by atoms with E-state index in [0.29, 0.717) is 23.4 Å². The van der Waals surface area contributed by atoms with Crippen LogP contribution in [0.25, 0.3) is 28.0 Å². The van der Waals surface area contributed by atoms with Gasteiger partial charge in [0.25, 0.3) is 0 Å². The van der Waals surface area contributed by atoms with Crippen LogP contribution in [-0.2, 0) is 10.0 Å². The summed E-state index contributed by atoms with van der Waals surface area (Å²) in [7, 11) is 0.0185. The van der Waals surface area contributed by atoms with Crippen LogP contribution in [0.2, 0.25) is 0 Å². The number of hydrogen-bond acceptors (Lipinski definition) is 5. The van der Waals surface area contributed by atoms with E-state index in [1.165, 1.54) is 4.31 Å². The van der Waals surface area contributed by atoms with E-state index >= 15 is 0 Å². The van der Waals surface area contributed by atoms with Crippen molar-refractivity contribution in [2.75, 3.05) is 33.7 Å². The number of aromatic nitrogens is 2. The maximum Gasteiger partial charge on any atom is 0.243 e. The van der Waals surface area contributed by atoms with Crippen molar-refractivity contribution in [3.05, 3.63) is 97.1 Å². The van der Waals surface area contributed by atoms with Gasteiger partial charge < -0.3 is 4.90 Å². The molecule has 0 amide bonds. The maximum atomic E-state index is 13.2. The van der Waals surface area contributed by atoms with Gasteiger partial charge in [-0.25, -0.2) is 8.42 Å². The highest BCUT2D eigenvalue weighted by atomic mass is 32.2. The van der Waals surface area contributed by atoms with Crippen molar-refractivity contribution in [1.82, 2.24) is 19.2 Å². The smallest absolute Gasteiger partial charge is 0.243 e. The average molecular weight is 473 g/mol. The summed E-state index contributed by atoms with van der Waals surface area (Å²) in [5.41, 5.74) is 3.34. The second-order valence-electron chi connectivity index (χ2n) is 8.21. The number of pyridine rings is 2. The minimum absolute atomic E-state index is 0.312. The highest BCUT2D eigenvalue weighted by Gasteiger charge is 2.22. The van der Waals surface area contributed by atoms with Crippen molar-refractivity contribution in [3.8, 4) is 11.1 Å². The van der Waals surface area contributed by atoms with Gasteiger partial charge in [-0.1, -0.05) is 54.6 Å². The molecular weight excluding hydrogens is 444 g/mol. The molecule has 2 heterocycles. The lowest BCUT2D eigenvalue weighted by atomic mass is 10.1. The number of benzene rings is 2. The molecular formula is C27H28N4O2S. The number of fused-ring (bicyclic) bond motifs is 1. The van der Waals surface area contributed by atoms with Gasteiger partial charge in [-0.15, -0.1) is 0 Å². The molecule has 4 aromatic rings. The minimum Gasteiger partial charge on any atom is -0.301 e. The fourth-order valence-electron chi connectivity index (χ4n) is 3.70. The van der Waals surface area contributed by atoms with E-state index in [0.717, 1.165) is 28.6 Å². The molecule has 0 atom stereocenters. The lowest BCUT2D eigenvalue weighted by Gasteiger charge is -2.21. The van der Waals surface area contributed by atoms with Crippen LogP contribution in [0.3, 0.4) is 0 Å². The molecule has 0 saturated heterocycles. The van der Waals surface area contributed by atoms with Crippen molar-refractivity contribution < 1.29 is 8.42 Å². The summed E-state index contributed by atoms with van der Waals surface area (Å²) in [5.74, 6) is 0. The first kappa shape index (κ1) is 23.8. The van der Waals surface area contributed by atoms with Crippen LogP contribution < -0.4 is 0 Å². The molecule has 7 heteroatoms. The Morgan fingerprint density at radius 3 is 2.38 bits per heavy atom. The van der Waals surface area contributed by atoms with Crippen molar-refractivity contribution in [2.24, 2.45) is 0 Å². The van der Waals surface area contributed by atoms with Gasteiger partial charge in [0.05, 0.1) is 4.90 Å². The summed E-state index contributed by atoms with van der Waals surface area (Å²) in [6.45, 7) is 1.73. The van der Waals surface area contributed by atoms with Crippen LogP contribution in [-0.4, -0.2) is 61.3 Å². The van der Waals surface area contributed by atoms with Crippen LogP contribution in [0.4, 0.5) is 0 Å². The molecule has 0 saturated carbocycles. The van der Waals surface area contributed by atoms with Crippen molar-refractivity contribution in [3.63, 3.8) is 0 Å². The van der Waals surface area contributed by atoms with E-state index in [9.17, 15) is 8.42 Å². The van der Waals surface area contributed by atoms with E-state index in [1.807, 2.05) is 31.4 Å². The summed E-state index contributed by atoms with van der Waals surface area (Å²) in [4.78, 5) is 10.7. The Bertz CT molecular complexity index is 1370. The molecule has 174 valence electrons. The zero-order chi connectivity index (χ0) is 24.0. The molecule has 0 N–H and O–H groups in total. The third-order valence-electron chi connectivity index (χ3n) is 5.76. The summed E-state index contributed by atoms with van der Waals surface area (Å²) in [5, 5.41) is 1.50. The molecule has 34 heavy (non-hydrogen) atoms. The monoisotopic (exact) mass is 472 g/mol. The Labute approximate surface area is 201 Å². The van der Waals surface area contributed by atoms with Crippen LogP contribution >= 0.6 is 0 Å². The lowest BCUT2D eigenvalue weighted by Crippen LogP contribution is -2.35. The van der Waals surface area contributed by atoms with Gasteiger partial charge in [0, 0.05) is 62.2 Å². The number of nitrogens with zero attached hydrogens (tertiary/aromatic N) is 4. The van der Waals surface area contributed by atoms with Crippen LogP contribution in [0.1, 0.15) is 5.56 Å². The summed E-state index contributed by atoms with van der Waals surface area (Å²) in [6.07, 6.45) is 11.1. The highest BCUT2D eigenvalue weighted by Crippen LogP contribution is 2.24. The van der Waals surface area contributed by atoms with E-state index < -0.39 is 10.0 Å². The zero-order valence-electron chi connectivity index (χ0n) is 19.4. The second kappa shape index (κ2) is 10.7. The van der Waals surface area contributed by atoms with E-state index in [2.05, 4.69) is 51.3 Å². The normalized spacial score (nSPS) is 12.2. The van der Waals surface area contributed by atoms with Gasteiger partial charge in [0.2, 0.25) is 10.0 Å². The molecule has 0 radical (unpaired) electrons. The van der Waals surface area contributed by atoms with Crippen LogP contribution in [0.15, 0.2) is 96.4 Å². The number of rotatable bonds is 9. The third-order valence-corrected chi connectivity index (χ3v) is 7.67. The minimum atomic E-state index is -3.60. The summed E-state index contributed by atoms with van der Waals surface area (Å²) < 4.78 is 27.7. The standard InChI is InChI=1S/C27H28N4O2S/c1-30(17-5-6-22-10-12-23(13-11-22)24-8-4-15-28-20-24)18-19-31(2)34(32,33)27-9-3-7-25-21-29-16-14-26(25)27/h3-16,20-21H,17-19H2,1-2H3/b6-5+. The van der Waals surface area contributed by atoms with Crippen molar-refractivity contribution in [1.29, 1.82) is 0 Å². The van der Waals surface area contributed by atoms with Gasteiger partial charge in [0.15, 0.2) is 0 Å². The fraction of sp³-hybridized carbons (Fsp3) is 0.185. The molecule has 0 aliphatic carbocycles. The molecule has 2 aromatic heterocycles. The van der Waals surface area contributed by atoms with Gasteiger partial charge in [-0.3, -0.25) is 9.97 Å². The topological polar surface area (TPSA) is 66.4 Å². The predicted octanol–water partition coefficient (Wildman–Crippen LogP) is 4.56. The van der Waals surface area contributed by atoms with Gasteiger partial charge >= 0.3 is 0 Å². The largest absolute Gasteiger partial charge is 0.301 e. The Kier molecular flexibility index (Phi) is 7.47. The third kappa shape index (κ3) is 5.56. The van der Waals surface area contributed by atoms with E-state index in [4.69, 9.17) is 0 Å². The molecule has 0 fully saturated rings. The number of sulfonamides is 1. The molecule has 2 aromatic carbocycles. The predicted molar refractivity (Wildman–Crippen MR) is 138 cm³/mol. The Morgan fingerprint density at radius 2 is 1.62 bits per heavy atom. The van der Waals surface area contributed by atoms with E-state index in [1.54, 1.807) is 43.8 Å². The fourth-order valence-corrected chi connectivity index (χ4v) is 5.07. The molecule has 6 nitrogen and oxygen atoms in total. The first-order valence-corrected chi connectivity index (χ1v) is 12.5. The number of likely N-dealkylation sites (N-methyl/N-ethyl adjacent to an activating group) is 2. The van der Waals surface area contributed by atoms with Crippen molar-refractivity contribution in [2.45, 2.75) is 4.90 Å². The Balaban J connectivity index is 1.32. The number of hydrogen-bond donors (Lipinski definition) is 0. The molecule has 0 unspecified atom stereocenters. The zero-order valence-corrected chi connectivity index (χ0v) is 20.2. The van der Waals surface area contributed by atoms with E-state index in [-0.39, 0.29) is 0 Å². The Hall–Kier alpha value is -3.39. The quantitative estimate of drug-likeness (QED) is 0.357. The second-order valence-corrected chi connectivity index (χ2v) is 10.2. The SMILES string of the molecule is CN(C/C=C/c1ccc(-c2cccnc2)cc1)CCN(C)S(=O)(=O)c1cccc2cnccc12. The van der Waals surface area contributed by atoms with Crippen LogP contribution in [0, 0.1) is 0 Å². The highest BCUT2D eigenvalue weighted by molar-refractivity contribution is 7.89. The first-order valence-electron chi connectivity index (χ1n) is 11.1. The van der Waals surface area contributed by atoms with Crippen molar-refractivity contribution >= 4 is 26.9 Å². The molecule has 0 aliphatic rings. The average Bonchev–Trinajstić information content (AvgIpc) is 2.87. The van der Waals surface area contributed by atoms with Gasteiger partial charge in [-0.05, 0) is 41.9 Å². The lowest BCUT2D eigenvalue weighted by molar-refractivity contribution is 0.333.